The summed E-state index contributed by atoms with van der Waals surface area (Å²) in [5.74, 6) is -0.566. The largest absolute Gasteiger partial charge is 0.454 e. The zero-order valence-corrected chi connectivity index (χ0v) is 14.8. The molecule has 5 nitrogen and oxygen atoms in total. The molecule has 0 saturated heterocycles. The van der Waals surface area contributed by atoms with E-state index in [9.17, 15) is 13.6 Å². The fraction of sp³-hybridized carbons (Fsp3) is 0.0952. The van der Waals surface area contributed by atoms with Gasteiger partial charge < -0.3 is 10.1 Å². The zero-order valence-electron chi connectivity index (χ0n) is 14.8. The minimum atomic E-state index is -0.718. The molecule has 3 rings (SSSR count). The summed E-state index contributed by atoms with van der Waals surface area (Å²) < 4.78 is 32.1. The van der Waals surface area contributed by atoms with Gasteiger partial charge in [0, 0.05) is 24.3 Å². The lowest BCUT2D eigenvalue weighted by molar-refractivity contribution is -0.116. The smallest absolute Gasteiger partial charge is 0.244 e. The molecule has 0 bridgehead atoms. The van der Waals surface area contributed by atoms with Gasteiger partial charge in [0.05, 0.1) is 12.4 Å². The van der Waals surface area contributed by atoms with Crippen LogP contribution in [0.3, 0.4) is 0 Å². The molecule has 28 heavy (non-hydrogen) atoms. The third-order valence-electron chi connectivity index (χ3n) is 3.76. The molecule has 3 aromatic rings. The van der Waals surface area contributed by atoms with Crippen LogP contribution in [0.25, 0.3) is 6.08 Å². The molecule has 0 saturated carbocycles. The summed E-state index contributed by atoms with van der Waals surface area (Å²) >= 11 is 0. The van der Waals surface area contributed by atoms with Crippen molar-refractivity contribution in [3.63, 3.8) is 0 Å². The fourth-order valence-electron chi connectivity index (χ4n) is 2.43. The van der Waals surface area contributed by atoms with Crippen molar-refractivity contribution in [3.8, 4) is 11.5 Å². The second kappa shape index (κ2) is 9.36. The third kappa shape index (κ3) is 5.70. The molecule has 0 spiro atoms. The number of aromatic nitrogens is 2. The molecule has 2 aromatic carbocycles. The molecule has 0 aliphatic heterocycles. The van der Waals surface area contributed by atoms with Gasteiger partial charge in [-0.25, -0.2) is 18.7 Å². The molecule has 0 aliphatic rings. The Hall–Kier alpha value is -3.61. The van der Waals surface area contributed by atoms with Gasteiger partial charge in [0.15, 0.2) is 5.75 Å². The Kier molecular flexibility index (Phi) is 6.41. The summed E-state index contributed by atoms with van der Waals surface area (Å²) in [5, 5.41) is 2.72. The molecule has 0 fully saturated rings. The summed E-state index contributed by atoms with van der Waals surface area (Å²) in [6.07, 6.45) is 7.66. The lowest BCUT2D eigenvalue weighted by Gasteiger charge is -2.07. The van der Waals surface area contributed by atoms with Crippen molar-refractivity contribution in [1.82, 2.24) is 15.3 Å². The van der Waals surface area contributed by atoms with E-state index in [1.807, 2.05) is 24.3 Å². The summed E-state index contributed by atoms with van der Waals surface area (Å²) in [4.78, 5) is 19.6. The Bertz CT molecular complexity index is 978. The maximum atomic E-state index is 13.5. The number of hydrogen-bond donors (Lipinski definition) is 1. The number of rotatable bonds is 7. The van der Waals surface area contributed by atoms with Crippen LogP contribution in [0.4, 0.5) is 8.78 Å². The maximum absolute atomic E-state index is 13.5. The fourth-order valence-corrected chi connectivity index (χ4v) is 2.43. The topological polar surface area (TPSA) is 64.1 Å². The van der Waals surface area contributed by atoms with Crippen LogP contribution in [0, 0.1) is 11.6 Å². The first-order chi connectivity index (χ1) is 13.6. The molecule has 1 heterocycles. The minimum absolute atomic E-state index is 0.145. The number of nitrogens with one attached hydrogen (secondary N) is 1. The third-order valence-corrected chi connectivity index (χ3v) is 3.76. The van der Waals surface area contributed by atoms with Crippen molar-refractivity contribution >= 4 is 12.0 Å². The highest BCUT2D eigenvalue weighted by Gasteiger charge is 2.03. The van der Waals surface area contributed by atoms with E-state index >= 15 is 0 Å². The van der Waals surface area contributed by atoms with Gasteiger partial charge in [-0.05, 0) is 42.3 Å². The van der Waals surface area contributed by atoms with Crippen molar-refractivity contribution in [1.29, 1.82) is 0 Å². The SMILES string of the molecule is O=C(C=Cc1ccc(F)cc1F)NCCc1cccc(Oc2cncnc2)c1. The first-order valence-corrected chi connectivity index (χ1v) is 8.53. The van der Waals surface area contributed by atoms with Gasteiger partial charge >= 0.3 is 0 Å². The summed E-state index contributed by atoms with van der Waals surface area (Å²) in [6.45, 7) is 0.396. The first-order valence-electron chi connectivity index (χ1n) is 8.53. The van der Waals surface area contributed by atoms with Crippen LogP contribution in [0.5, 0.6) is 11.5 Å². The van der Waals surface area contributed by atoms with E-state index in [0.29, 0.717) is 24.5 Å². The Labute approximate surface area is 160 Å². The second-order valence-corrected chi connectivity index (χ2v) is 5.86. The molecular formula is C21H17F2N3O2. The van der Waals surface area contributed by atoms with Crippen molar-refractivity contribution in [2.75, 3.05) is 6.54 Å². The average molecular weight is 381 g/mol. The van der Waals surface area contributed by atoms with Gasteiger partial charge in [0.1, 0.15) is 23.7 Å². The van der Waals surface area contributed by atoms with Crippen LogP contribution in [-0.2, 0) is 11.2 Å². The van der Waals surface area contributed by atoms with Crippen LogP contribution in [0.2, 0.25) is 0 Å². The standard InChI is InChI=1S/C21H17F2N3O2/c22-17-6-4-16(20(23)11-17)5-7-21(27)26-9-8-15-2-1-3-18(10-15)28-19-12-24-14-25-13-19/h1-7,10-14H,8-9H2,(H,26,27). The van der Waals surface area contributed by atoms with Crippen LogP contribution in [0.15, 0.2) is 67.3 Å². The number of hydrogen-bond acceptors (Lipinski definition) is 4. The van der Waals surface area contributed by atoms with Gasteiger partial charge in [-0.2, -0.15) is 0 Å². The van der Waals surface area contributed by atoms with Crippen LogP contribution < -0.4 is 10.1 Å². The van der Waals surface area contributed by atoms with Crippen LogP contribution in [-0.4, -0.2) is 22.4 Å². The molecule has 1 amide bonds. The van der Waals surface area contributed by atoms with E-state index in [0.717, 1.165) is 17.7 Å². The van der Waals surface area contributed by atoms with E-state index in [1.165, 1.54) is 24.5 Å². The highest BCUT2D eigenvalue weighted by molar-refractivity contribution is 5.91. The number of amides is 1. The Balaban J connectivity index is 1.50. The van der Waals surface area contributed by atoms with Crippen molar-refractivity contribution in [3.05, 3.63) is 90.0 Å². The Morgan fingerprint density at radius 1 is 1.07 bits per heavy atom. The number of ether oxygens (including phenoxy) is 1. The predicted octanol–water partition coefficient (Wildman–Crippen LogP) is 3.92. The quantitative estimate of drug-likeness (QED) is 0.630. The lowest BCUT2D eigenvalue weighted by atomic mass is 10.1. The van der Waals surface area contributed by atoms with Gasteiger partial charge in [0.25, 0.3) is 0 Å². The summed E-state index contributed by atoms with van der Waals surface area (Å²) in [5.41, 5.74) is 1.12. The predicted molar refractivity (Wildman–Crippen MR) is 101 cm³/mol. The molecular weight excluding hydrogens is 364 g/mol. The first kappa shape index (κ1) is 19.2. The Morgan fingerprint density at radius 3 is 2.68 bits per heavy atom. The van der Waals surface area contributed by atoms with E-state index < -0.39 is 11.6 Å². The number of nitrogens with zero attached hydrogens (tertiary/aromatic N) is 2. The van der Waals surface area contributed by atoms with Crippen LogP contribution >= 0.6 is 0 Å². The number of benzene rings is 2. The number of carbonyl (C=O) groups excluding carboxylic acids is 1. The normalized spacial score (nSPS) is 10.8. The minimum Gasteiger partial charge on any atom is -0.454 e. The highest BCUT2D eigenvalue weighted by Crippen LogP contribution is 2.20. The van der Waals surface area contributed by atoms with Crippen molar-refractivity contribution in [2.45, 2.75) is 6.42 Å². The molecule has 142 valence electrons. The van der Waals surface area contributed by atoms with Gasteiger partial charge in [-0.15, -0.1) is 0 Å². The number of halogens is 2. The average Bonchev–Trinajstić information content (AvgIpc) is 2.68. The molecule has 1 aromatic heterocycles. The molecule has 0 radical (unpaired) electrons. The van der Waals surface area contributed by atoms with Crippen LogP contribution in [0.1, 0.15) is 11.1 Å². The molecule has 0 unspecified atom stereocenters. The summed E-state index contributed by atoms with van der Waals surface area (Å²) in [7, 11) is 0. The van der Waals surface area contributed by atoms with Gasteiger partial charge in [-0.3, -0.25) is 4.79 Å². The van der Waals surface area contributed by atoms with E-state index in [4.69, 9.17) is 4.74 Å². The Morgan fingerprint density at radius 2 is 1.89 bits per heavy atom. The monoisotopic (exact) mass is 381 g/mol. The van der Waals surface area contributed by atoms with E-state index in [-0.39, 0.29) is 11.5 Å². The van der Waals surface area contributed by atoms with E-state index in [2.05, 4.69) is 15.3 Å². The molecule has 7 heteroatoms. The molecule has 1 N–H and O–H groups in total. The lowest BCUT2D eigenvalue weighted by Crippen LogP contribution is -2.23. The maximum Gasteiger partial charge on any atom is 0.244 e. The second-order valence-electron chi connectivity index (χ2n) is 5.86. The molecule has 0 atom stereocenters. The van der Waals surface area contributed by atoms with Gasteiger partial charge in [0.2, 0.25) is 5.91 Å². The summed E-state index contributed by atoms with van der Waals surface area (Å²) in [6, 6.07) is 10.6. The highest BCUT2D eigenvalue weighted by atomic mass is 19.1. The number of carbonyl (C=O) groups is 1. The van der Waals surface area contributed by atoms with Crippen molar-refractivity contribution in [2.24, 2.45) is 0 Å². The van der Waals surface area contributed by atoms with Gasteiger partial charge in [-0.1, -0.05) is 12.1 Å². The molecule has 0 aliphatic carbocycles. The van der Waals surface area contributed by atoms with Crippen molar-refractivity contribution < 1.29 is 18.3 Å². The van der Waals surface area contributed by atoms with E-state index in [1.54, 1.807) is 12.4 Å². The zero-order chi connectivity index (χ0) is 19.8.